The van der Waals surface area contributed by atoms with E-state index in [-0.39, 0.29) is 11.5 Å². The highest BCUT2D eigenvalue weighted by molar-refractivity contribution is 7.98. The summed E-state index contributed by atoms with van der Waals surface area (Å²) in [5.41, 5.74) is 5.69. The van der Waals surface area contributed by atoms with Gasteiger partial charge in [-0.2, -0.15) is 15.1 Å². The van der Waals surface area contributed by atoms with Crippen molar-refractivity contribution >= 4 is 17.7 Å². The molecule has 2 aromatic heterocycles. The quantitative estimate of drug-likeness (QED) is 0.702. The van der Waals surface area contributed by atoms with Crippen molar-refractivity contribution in [1.82, 2.24) is 25.1 Å². The summed E-state index contributed by atoms with van der Waals surface area (Å²) in [4.78, 5) is 22.8. The number of hydrogen-bond donors (Lipinski definition) is 2. The molecule has 0 saturated carbocycles. The van der Waals surface area contributed by atoms with E-state index in [0.29, 0.717) is 16.7 Å². The van der Waals surface area contributed by atoms with E-state index in [1.54, 1.807) is 0 Å². The summed E-state index contributed by atoms with van der Waals surface area (Å²) in [6.45, 7) is 0. The van der Waals surface area contributed by atoms with Gasteiger partial charge in [-0.15, -0.1) is 0 Å². The van der Waals surface area contributed by atoms with Crippen LogP contribution in [0, 0.1) is 0 Å². The van der Waals surface area contributed by atoms with E-state index in [1.807, 2.05) is 6.26 Å². The summed E-state index contributed by atoms with van der Waals surface area (Å²) < 4.78 is 0. The van der Waals surface area contributed by atoms with Gasteiger partial charge in [0.25, 0.3) is 5.56 Å². The van der Waals surface area contributed by atoms with E-state index >= 15 is 0 Å². The number of hydrogen-bond acceptors (Lipinski definition) is 7. The van der Waals surface area contributed by atoms with Gasteiger partial charge in [-0.25, -0.2) is 10.1 Å². The highest BCUT2D eigenvalue weighted by atomic mass is 32.2. The van der Waals surface area contributed by atoms with Gasteiger partial charge in [-0.05, 0) is 12.3 Å². The van der Waals surface area contributed by atoms with Crippen LogP contribution in [0.1, 0.15) is 0 Å². The summed E-state index contributed by atoms with van der Waals surface area (Å²) in [7, 11) is 0. The monoisotopic (exact) mass is 236 g/mol. The summed E-state index contributed by atoms with van der Waals surface area (Å²) in [5, 5.41) is 6.62. The molecule has 0 radical (unpaired) electrons. The third-order valence-electron chi connectivity index (χ3n) is 1.72. The van der Waals surface area contributed by atoms with Crippen molar-refractivity contribution < 1.29 is 0 Å². The molecule has 0 fully saturated rings. The Kier molecular flexibility index (Phi) is 2.82. The first kappa shape index (κ1) is 10.6. The van der Waals surface area contributed by atoms with E-state index < -0.39 is 0 Å². The number of aromatic nitrogens is 5. The van der Waals surface area contributed by atoms with Crippen LogP contribution in [-0.2, 0) is 0 Å². The van der Waals surface area contributed by atoms with Crippen LogP contribution in [0.15, 0.2) is 22.1 Å². The average Bonchev–Trinajstić information content (AvgIpc) is 2.29. The van der Waals surface area contributed by atoms with Crippen molar-refractivity contribution in [3.8, 4) is 11.5 Å². The molecule has 0 aliphatic carbocycles. The molecule has 0 aliphatic rings. The summed E-state index contributed by atoms with van der Waals surface area (Å²) in [6, 6.07) is 2.87. The maximum absolute atomic E-state index is 10.8. The molecule has 2 rings (SSSR count). The normalized spacial score (nSPS) is 10.3. The lowest BCUT2D eigenvalue weighted by Gasteiger charge is -2.01. The SMILES string of the molecule is CSc1nc(N)nc(-c2ccc(=O)[nH]n2)n1. The molecule has 3 N–H and O–H groups in total. The zero-order chi connectivity index (χ0) is 11.5. The number of nitrogens with two attached hydrogens (primary N) is 1. The average molecular weight is 236 g/mol. The molecule has 2 heterocycles. The minimum Gasteiger partial charge on any atom is -0.368 e. The molecule has 0 aliphatic heterocycles. The third-order valence-corrected chi connectivity index (χ3v) is 2.27. The Balaban J connectivity index is 2.51. The number of thioether (sulfide) groups is 1. The van der Waals surface area contributed by atoms with Gasteiger partial charge in [-0.3, -0.25) is 4.79 Å². The van der Waals surface area contributed by atoms with E-state index in [1.165, 1.54) is 23.9 Å². The summed E-state index contributed by atoms with van der Waals surface area (Å²) >= 11 is 1.35. The van der Waals surface area contributed by atoms with Crippen molar-refractivity contribution in [2.24, 2.45) is 0 Å². The maximum Gasteiger partial charge on any atom is 0.264 e. The van der Waals surface area contributed by atoms with Gasteiger partial charge in [0.05, 0.1) is 0 Å². The van der Waals surface area contributed by atoms with Crippen LogP contribution in [0.4, 0.5) is 5.95 Å². The molecule has 0 unspecified atom stereocenters. The van der Waals surface area contributed by atoms with Crippen LogP contribution in [0.25, 0.3) is 11.5 Å². The molecular formula is C8H8N6OS. The summed E-state index contributed by atoms with van der Waals surface area (Å²) in [5.74, 6) is 0.468. The van der Waals surface area contributed by atoms with Crippen LogP contribution < -0.4 is 11.3 Å². The molecule has 0 amide bonds. The van der Waals surface area contributed by atoms with Gasteiger partial charge in [-0.1, -0.05) is 11.8 Å². The molecule has 0 spiro atoms. The molecule has 0 aromatic carbocycles. The summed E-state index contributed by atoms with van der Waals surface area (Å²) in [6.07, 6.45) is 1.83. The topological polar surface area (TPSA) is 110 Å². The number of anilines is 1. The molecular weight excluding hydrogens is 228 g/mol. The molecule has 0 atom stereocenters. The number of nitrogens with one attached hydrogen (secondary N) is 1. The predicted molar refractivity (Wildman–Crippen MR) is 59.9 cm³/mol. The van der Waals surface area contributed by atoms with Gasteiger partial charge in [0.15, 0.2) is 11.0 Å². The number of H-pyrrole nitrogens is 1. The number of nitrogens with zero attached hydrogens (tertiary/aromatic N) is 4. The van der Waals surface area contributed by atoms with E-state index in [0.717, 1.165) is 0 Å². The van der Waals surface area contributed by atoms with Gasteiger partial charge in [0.2, 0.25) is 5.95 Å². The Hall–Kier alpha value is -1.96. The zero-order valence-corrected chi connectivity index (χ0v) is 9.15. The molecule has 16 heavy (non-hydrogen) atoms. The molecule has 0 saturated heterocycles. The highest BCUT2D eigenvalue weighted by Gasteiger charge is 2.07. The van der Waals surface area contributed by atoms with Crippen LogP contribution in [0.5, 0.6) is 0 Å². The van der Waals surface area contributed by atoms with Crippen molar-refractivity contribution in [1.29, 1.82) is 0 Å². The number of aromatic amines is 1. The lowest BCUT2D eigenvalue weighted by Crippen LogP contribution is -2.08. The Bertz CT molecular complexity index is 548. The Morgan fingerprint density at radius 2 is 2.12 bits per heavy atom. The maximum atomic E-state index is 10.8. The molecule has 2 aromatic rings. The zero-order valence-electron chi connectivity index (χ0n) is 8.34. The smallest absolute Gasteiger partial charge is 0.264 e. The van der Waals surface area contributed by atoms with Crippen molar-refractivity contribution in [3.63, 3.8) is 0 Å². The Morgan fingerprint density at radius 3 is 2.75 bits per heavy atom. The fourth-order valence-electron chi connectivity index (χ4n) is 1.05. The fraction of sp³-hybridized carbons (Fsp3) is 0.125. The van der Waals surface area contributed by atoms with Gasteiger partial charge < -0.3 is 5.73 Å². The fourth-order valence-corrected chi connectivity index (χ4v) is 1.41. The number of nitrogen functional groups attached to an aromatic ring is 1. The minimum absolute atomic E-state index is 0.127. The van der Waals surface area contributed by atoms with Crippen LogP contribution in [-0.4, -0.2) is 31.4 Å². The largest absolute Gasteiger partial charge is 0.368 e. The van der Waals surface area contributed by atoms with Gasteiger partial charge in [0.1, 0.15) is 5.69 Å². The second-order valence-corrected chi connectivity index (χ2v) is 3.58. The Morgan fingerprint density at radius 1 is 1.31 bits per heavy atom. The first-order valence-electron chi connectivity index (χ1n) is 4.30. The molecule has 8 heteroatoms. The standard InChI is InChI=1S/C8H8N6OS/c1-16-8-11-6(10-7(9)12-8)4-2-3-5(15)14-13-4/h2-3H,1H3,(H,14,15)(H2,9,10,11,12). The van der Waals surface area contributed by atoms with Crippen molar-refractivity contribution in [2.75, 3.05) is 12.0 Å². The van der Waals surface area contributed by atoms with Gasteiger partial charge >= 0.3 is 0 Å². The minimum atomic E-state index is -0.282. The van der Waals surface area contributed by atoms with Crippen LogP contribution >= 0.6 is 11.8 Å². The Labute approximate surface area is 94.5 Å². The van der Waals surface area contributed by atoms with Crippen LogP contribution in [0.3, 0.4) is 0 Å². The predicted octanol–water partition coefficient (Wildman–Crippen LogP) is -0.0740. The molecule has 7 nitrogen and oxygen atoms in total. The third kappa shape index (κ3) is 2.16. The van der Waals surface area contributed by atoms with Crippen molar-refractivity contribution in [3.05, 3.63) is 22.5 Å². The lowest BCUT2D eigenvalue weighted by molar-refractivity contribution is 0.904. The number of rotatable bonds is 2. The first-order valence-corrected chi connectivity index (χ1v) is 5.53. The molecule has 82 valence electrons. The van der Waals surface area contributed by atoms with Crippen LogP contribution in [0.2, 0.25) is 0 Å². The highest BCUT2D eigenvalue weighted by Crippen LogP contribution is 2.15. The molecule has 0 bridgehead atoms. The van der Waals surface area contributed by atoms with Crippen molar-refractivity contribution in [2.45, 2.75) is 5.16 Å². The van der Waals surface area contributed by atoms with E-state index in [4.69, 9.17) is 5.73 Å². The first-order chi connectivity index (χ1) is 7.69. The second-order valence-electron chi connectivity index (χ2n) is 2.81. The van der Waals surface area contributed by atoms with Gasteiger partial charge in [0, 0.05) is 6.07 Å². The lowest BCUT2D eigenvalue weighted by atomic mass is 10.4. The van der Waals surface area contributed by atoms with E-state index in [2.05, 4.69) is 25.1 Å². The van der Waals surface area contributed by atoms with E-state index in [9.17, 15) is 4.79 Å². The second kappa shape index (κ2) is 4.27.